The van der Waals surface area contributed by atoms with Crippen LogP contribution < -0.4 is 15.7 Å². The Bertz CT molecular complexity index is 1050. The van der Waals surface area contributed by atoms with E-state index in [0.717, 1.165) is 16.6 Å². The summed E-state index contributed by atoms with van der Waals surface area (Å²) < 4.78 is 8.94. The molecule has 142 valence electrons. The molecule has 0 spiro atoms. The van der Waals surface area contributed by atoms with Crippen LogP contribution >= 0.6 is 0 Å². The van der Waals surface area contributed by atoms with E-state index < -0.39 is 6.10 Å². The highest BCUT2D eigenvalue weighted by Crippen LogP contribution is 2.22. The number of carbonyl (C=O) groups is 1. The summed E-state index contributed by atoms with van der Waals surface area (Å²) in [6.07, 6.45) is -0.650. The van der Waals surface area contributed by atoms with Crippen molar-refractivity contribution in [1.29, 1.82) is 0 Å². The number of ether oxygens (including phenoxy) is 1. The van der Waals surface area contributed by atoms with Gasteiger partial charge in [0.1, 0.15) is 5.75 Å². The lowest BCUT2D eigenvalue weighted by Gasteiger charge is -2.16. The molecule has 0 fully saturated rings. The van der Waals surface area contributed by atoms with E-state index in [1.54, 1.807) is 42.3 Å². The summed E-state index contributed by atoms with van der Waals surface area (Å²) >= 11 is 0. The van der Waals surface area contributed by atoms with Crippen LogP contribution in [0.4, 0.5) is 5.69 Å². The number of amides is 1. The number of aromatic nitrogens is 2. The fourth-order valence-electron chi connectivity index (χ4n) is 3.03. The summed E-state index contributed by atoms with van der Waals surface area (Å²) in [6.45, 7) is 5.94. The Morgan fingerprint density at radius 2 is 1.70 bits per heavy atom. The molecule has 1 heterocycles. The van der Waals surface area contributed by atoms with E-state index in [0.29, 0.717) is 17.4 Å². The second kappa shape index (κ2) is 7.31. The lowest BCUT2D eigenvalue weighted by molar-refractivity contribution is -0.122. The molecule has 6 heteroatoms. The molecule has 1 unspecified atom stereocenters. The molecule has 0 radical (unpaired) electrons. The molecule has 1 amide bonds. The Labute approximate surface area is 158 Å². The molecular weight excluding hydrogens is 342 g/mol. The van der Waals surface area contributed by atoms with E-state index in [1.165, 1.54) is 0 Å². The van der Waals surface area contributed by atoms with Gasteiger partial charge in [-0.05, 0) is 48.7 Å². The minimum Gasteiger partial charge on any atom is -0.481 e. The quantitative estimate of drug-likeness (QED) is 0.752. The number of fused-ring (bicyclic) bond motifs is 1. The molecule has 1 N–H and O–H groups in total. The zero-order valence-corrected chi connectivity index (χ0v) is 16.3. The third-order valence-corrected chi connectivity index (χ3v) is 4.75. The summed E-state index contributed by atoms with van der Waals surface area (Å²) in [5, 5.41) is 2.86. The molecule has 0 aliphatic carbocycles. The minimum absolute atomic E-state index is 0.102. The van der Waals surface area contributed by atoms with E-state index in [9.17, 15) is 9.59 Å². The van der Waals surface area contributed by atoms with Crippen LogP contribution in [-0.2, 0) is 18.9 Å². The number of benzene rings is 2. The molecule has 0 saturated heterocycles. The number of hydrogen-bond acceptors (Lipinski definition) is 3. The summed E-state index contributed by atoms with van der Waals surface area (Å²) in [6, 6.07) is 13.2. The monoisotopic (exact) mass is 367 g/mol. The van der Waals surface area contributed by atoms with Gasteiger partial charge in [0.2, 0.25) is 0 Å². The number of aryl methyl sites for hydroxylation is 2. The van der Waals surface area contributed by atoms with Crippen molar-refractivity contribution < 1.29 is 9.53 Å². The van der Waals surface area contributed by atoms with Gasteiger partial charge in [0.05, 0.1) is 11.0 Å². The lowest BCUT2D eigenvalue weighted by atomic mass is 10.0. The zero-order chi connectivity index (χ0) is 19.7. The third-order valence-electron chi connectivity index (χ3n) is 4.75. The van der Waals surface area contributed by atoms with Gasteiger partial charge in [0.15, 0.2) is 6.10 Å². The van der Waals surface area contributed by atoms with Gasteiger partial charge in [-0.3, -0.25) is 13.9 Å². The van der Waals surface area contributed by atoms with E-state index in [4.69, 9.17) is 4.74 Å². The summed E-state index contributed by atoms with van der Waals surface area (Å²) in [5.41, 5.74) is 3.26. The van der Waals surface area contributed by atoms with Crippen molar-refractivity contribution in [3.8, 4) is 5.75 Å². The Morgan fingerprint density at radius 3 is 2.41 bits per heavy atom. The summed E-state index contributed by atoms with van der Waals surface area (Å²) in [5.74, 6) is 0.817. The first-order valence-corrected chi connectivity index (χ1v) is 9.01. The van der Waals surface area contributed by atoms with Crippen molar-refractivity contribution in [2.45, 2.75) is 32.8 Å². The first-order chi connectivity index (χ1) is 12.8. The third kappa shape index (κ3) is 3.74. The number of anilines is 1. The van der Waals surface area contributed by atoms with Gasteiger partial charge in [-0.1, -0.05) is 26.0 Å². The van der Waals surface area contributed by atoms with Crippen molar-refractivity contribution in [1.82, 2.24) is 9.13 Å². The molecule has 27 heavy (non-hydrogen) atoms. The van der Waals surface area contributed by atoms with Crippen molar-refractivity contribution in [3.63, 3.8) is 0 Å². The Balaban J connectivity index is 1.75. The highest BCUT2D eigenvalue weighted by Gasteiger charge is 2.16. The fraction of sp³-hybridized carbons (Fsp3) is 0.333. The molecule has 0 aliphatic rings. The van der Waals surface area contributed by atoms with Crippen LogP contribution in [0.25, 0.3) is 11.0 Å². The van der Waals surface area contributed by atoms with E-state index in [2.05, 4.69) is 19.2 Å². The highest BCUT2D eigenvalue weighted by molar-refractivity contribution is 5.95. The molecule has 3 aromatic rings. The van der Waals surface area contributed by atoms with Crippen LogP contribution in [0.2, 0.25) is 0 Å². The van der Waals surface area contributed by atoms with Crippen molar-refractivity contribution >= 4 is 22.6 Å². The van der Waals surface area contributed by atoms with Crippen LogP contribution in [0, 0.1) is 0 Å². The normalized spacial score (nSPS) is 12.4. The Morgan fingerprint density at radius 1 is 1.00 bits per heavy atom. The molecule has 0 aliphatic heterocycles. The van der Waals surface area contributed by atoms with Gasteiger partial charge < -0.3 is 10.1 Å². The topological polar surface area (TPSA) is 65.3 Å². The number of carbonyl (C=O) groups excluding carboxylic acids is 1. The number of nitrogens with one attached hydrogen (secondary N) is 1. The molecule has 6 nitrogen and oxygen atoms in total. The van der Waals surface area contributed by atoms with Crippen LogP contribution in [0.1, 0.15) is 32.3 Å². The smallest absolute Gasteiger partial charge is 0.328 e. The number of rotatable bonds is 5. The number of hydrogen-bond donors (Lipinski definition) is 1. The predicted octanol–water partition coefficient (Wildman–Crippen LogP) is 3.41. The second-order valence-corrected chi connectivity index (χ2v) is 7.08. The molecular formula is C21H25N3O3. The minimum atomic E-state index is -0.650. The van der Waals surface area contributed by atoms with Gasteiger partial charge in [-0.25, -0.2) is 4.79 Å². The predicted molar refractivity (Wildman–Crippen MR) is 107 cm³/mol. The van der Waals surface area contributed by atoms with Crippen LogP contribution in [0.3, 0.4) is 0 Å². The maximum absolute atomic E-state index is 12.5. The molecule has 1 atom stereocenters. The Hall–Kier alpha value is -3.02. The zero-order valence-electron chi connectivity index (χ0n) is 16.3. The van der Waals surface area contributed by atoms with E-state index in [1.807, 2.05) is 30.3 Å². The summed E-state index contributed by atoms with van der Waals surface area (Å²) in [4.78, 5) is 24.5. The summed E-state index contributed by atoms with van der Waals surface area (Å²) in [7, 11) is 3.44. The first-order valence-electron chi connectivity index (χ1n) is 9.01. The SMILES string of the molecule is CC(Oc1cccc(C(C)C)c1)C(=O)Nc1ccc2c(c1)n(C)c(=O)n2C. The van der Waals surface area contributed by atoms with Gasteiger partial charge in [-0.2, -0.15) is 0 Å². The van der Waals surface area contributed by atoms with Crippen molar-refractivity contribution in [3.05, 3.63) is 58.5 Å². The van der Waals surface area contributed by atoms with Crippen LogP contribution in [-0.4, -0.2) is 21.1 Å². The Kier molecular flexibility index (Phi) is 5.08. The van der Waals surface area contributed by atoms with Crippen molar-refractivity contribution in [2.75, 3.05) is 5.32 Å². The number of nitrogens with zero attached hydrogens (tertiary/aromatic N) is 2. The van der Waals surface area contributed by atoms with E-state index in [-0.39, 0.29) is 11.6 Å². The average Bonchev–Trinajstić information content (AvgIpc) is 2.86. The largest absolute Gasteiger partial charge is 0.481 e. The molecule has 3 rings (SSSR count). The molecule has 1 aromatic heterocycles. The van der Waals surface area contributed by atoms with Crippen LogP contribution in [0.15, 0.2) is 47.3 Å². The molecule has 0 saturated carbocycles. The van der Waals surface area contributed by atoms with Crippen LogP contribution in [0.5, 0.6) is 5.75 Å². The maximum atomic E-state index is 12.5. The average molecular weight is 367 g/mol. The van der Waals surface area contributed by atoms with Crippen molar-refractivity contribution in [2.24, 2.45) is 14.1 Å². The van der Waals surface area contributed by atoms with Gasteiger partial charge in [0, 0.05) is 19.8 Å². The molecule has 2 aromatic carbocycles. The second-order valence-electron chi connectivity index (χ2n) is 7.08. The van der Waals surface area contributed by atoms with Gasteiger partial charge >= 0.3 is 5.69 Å². The molecule has 0 bridgehead atoms. The van der Waals surface area contributed by atoms with Gasteiger partial charge in [-0.15, -0.1) is 0 Å². The number of imidazole rings is 1. The van der Waals surface area contributed by atoms with Gasteiger partial charge in [0.25, 0.3) is 5.91 Å². The standard InChI is InChI=1S/C21H25N3O3/c1-13(2)15-7-6-8-17(11-15)27-14(3)20(25)22-16-9-10-18-19(12-16)24(5)21(26)23(18)4/h6-14H,1-5H3,(H,22,25). The maximum Gasteiger partial charge on any atom is 0.328 e. The first kappa shape index (κ1) is 18.8. The van der Waals surface area contributed by atoms with E-state index >= 15 is 0 Å². The fourth-order valence-corrected chi connectivity index (χ4v) is 3.03. The lowest BCUT2D eigenvalue weighted by Crippen LogP contribution is -2.30. The highest BCUT2D eigenvalue weighted by atomic mass is 16.5.